The Labute approximate surface area is 93.0 Å². The second-order valence-electron chi connectivity index (χ2n) is 2.80. The van der Waals surface area contributed by atoms with Crippen molar-refractivity contribution in [3.05, 3.63) is 18.2 Å². The highest BCUT2D eigenvalue weighted by Crippen LogP contribution is 2.29. The summed E-state index contributed by atoms with van der Waals surface area (Å²) < 4.78 is 48.9. The Morgan fingerprint density at radius 3 is 2.50 bits per heavy atom. The molecule has 5 nitrogen and oxygen atoms in total. The second-order valence-corrected chi connectivity index (χ2v) is 4.12. The third kappa shape index (κ3) is 3.07. The zero-order chi connectivity index (χ0) is 12.2. The fourth-order valence-electron chi connectivity index (χ4n) is 1.05. The third-order valence-electron chi connectivity index (χ3n) is 1.75. The van der Waals surface area contributed by atoms with Crippen molar-refractivity contribution in [1.29, 1.82) is 0 Å². The molecule has 0 unspecified atom stereocenters. The van der Waals surface area contributed by atoms with Crippen LogP contribution in [0.15, 0.2) is 23.1 Å². The van der Waals surface area contributed by atoms with Gasteiger partial charge in [-0.05, 0) is 12.1 Å². The average molecular weight is 250 g/mol. The van der Waals surface area contributed by atoms with Gasteiger partial charge >= 0.3 is 10.2 Å². The van der Waals surface area contributed by atoms with Crippen LogP contribution in [0.3, 0.4) is 0 Å². The first kappa shape index (κ1) is 12.7. The minimum absolute atomic E-state index is 0.120. The quantitative estimate of drug-likeness (QED) is 0.583. The minimum atomic E-state index is -4.86. The SMILES string of the molecule is COCOc1ccc(OC)cc1S(=O)(=O)F. The molecule has 0 N–H and O–H groups in total. The third-order valence-corrected chi connectivity index (χ3v) is 2.59. The van der Waals surface area contributed by atoms with Crippen LogP contribution in [0.25, 0.3) is 0 Å². The molecule has 0 fully saturated rings. The van der Waals surface area contributed by atoms with E-state index in [4.69, 9.17) is 9.47 Å². The largest absolute Gasteiger partial charge is 0.497 e. The maximum absolute atomic E-state index is 12.9. The van der Waals surface area contributed by atoms with Crippen LogP contribution in [0.4, 0.5) is 3.89 Å². The van der Waals surface area contributed by atoms with Gasteiger partial charge in [-0.2, -0.15) is 8.42 Å². The van der Waals surface area contributed by atoms with E-state index in [0.717, 1.165) is 6.07 Å². The van der Waals surface area contributed by atoms with Crippen LogP contribution in [-0.2, 0) is 15.0 Å². The molecule has 0 aliphatic heterocycles. The molecule has 7 heteroatoms. The van der Waals surface area contributed by atoms with Crippen LogP contribution < -0.4 is 9.47 Å². The molecule has 90 valence electrons. The van der Waals surface area contributed by atoms with E-state index in [9.17, 15) is 12.3 Å². The summed E-state index contributed by atoms with van der Waals surface area (Å²) in [5.41, 5.74) is 0. The van der Waals surface area contributed by atoms with Crippen molar-refractivity contribution in [1.82, 2.24) is 0 Å². The molecule has 1 aromatic rings. The number of methoxy groups -OCH3 is 2. The van der Waals surface area contributed by atoms with E-state index >= 15 is 0 Å². The molecule has 0 atom stereocenters. The van der Waals surface area contributed by atoms with Gasteiger partial charge in [0.15, 0.2) is 6.79 Å². The van der Waals surface area contributed by atoms with Crippen LogP contribution in [-0.4, -0.2) is 29.4 Å². The highest BCUT2D eigenvalue weighted by molar-refractivity contribution is 7.86. The zero-order valence-corrected chi connectivity index (χ0v) is 9.58. The summed E-state index contributed by atoms with van der Waals surface area (Å²) in [6.07, 6.45) is 0. The van der Waals surface area contributed by atoms with Crippen molar-refractivity contribution in [3.8, 4) is 11.5 Å². The monoisotopic (exact) mass is 250 g/mol. The van der Waals surface area contributed by atoms with Crippen molar-refractivity contribution < 1.29 is 26.5 Å². The standard InChI is InChI=1S/C9H11FO5S/c1-13-6-15-8-4-3-7(14-2)5-9(8)16(10,11)12/h3-5H,6H2,1-2H3. The van der Waals surface area contributed by atoms with E-state index in [1.54, 1.807) is 0 Å². The first-order chi connectivity index (χ1) is 7.49. The number of ether oxygens (including phenoxy) is 3. The van der Waals surface area contributed by atoms with Gasteiger partial charge in [-0.25, -0.2) is 0 Å². The van der Waals surface area contributed by atoms with Gasteiger partial charge in [0.25, 0.3) is 0 Å². The molecule has 1 aromatic carbocycles. The molecule has 0 amide bonds. The Hall–Kier alpha value is -1.34. The molecule has 0 saturated carbocycles. The van der Waals surface area contributed by atoms with Gasteiger partial charge in [0.1, 0.15) is 16.4 Å². The van der Waals surface area contributed by atoms with Gasteiger partial charge in [-0.1, -0.05) is 0 Å². The number of hydrogen-bond acceptors (Lipinski definition) is 5. The smallest absolute Gasteiger partial charge is 0.335 e. The highest BCUT2D eigenvalue weighted by atomic mass is 32.3. The molecule has 0 heterocycles. The van der Waals surface area contributed by atoms with Crippen molar-refractivity contribution in [2.75, 3.05) is 21.0 Å². The number of hydrogen-bond donors (Lipinski definition) is 0. The Morgan fingerprint density at radius 2 is 2.00 bits per heavy atom. The van der Waals surface area contributed by atoms with Gasteiger partial charge < -0.3 is 14.2 Å². The highest BCUT2D eigenvalue weighted by Gasteiger charge is 2.19. The van der Waals surface area contributed by atoms with Crippen molar-refractivity contribution in [3.63, 3.8) is 0 Å². The Kier molecular flexibility index (Phi) is 4.08. The number of halogens is 1. The topological polar surface area (TPSA) is 61.8 Å². The van der Waals surface area contributed by atoms with Crippen LogP contribution in [0.1, 0.15) is 0 Å². The lowest BCUT2D eigenvalue weighted by molar-refractivity contribution is 0.0489. The molecule has 0 spiro atoms. The van der Waals surface area contributed by atoms with E-state index < -0.39 is 15.1 Å². The summed E-state index contributed by atoms with van der Waals surface area (Å²) in [5, 5.41) is 0. The Balaban J connectivity index is 3.17. The molecule has 1 rings (SSSR count). The fourth-order valence-corrected chi connectivity index (χ4v) is 1.67. The van der Waals surface area contributed by atoms with Gasteiger partial charge in [-0.15, -0.1) is 3.89 Å². The summed E-state index contributed by atoms with van der Waals surface area (Å²) in [7, 11) is -2.14. The van der Waals surface area contributed by atoms with Crippen molar-refractivity contribution in [2.45, 2.75) is 4.90 Å². The summed E-state index contributed by atoms with van der Waals surface area (Å²) in [6.45, 7) is -0.172. The second kappa shape index (κ2) is 5.13. The minimum Gasteiger partial charge on any atom is -0.497 e. The normalized spacial score (nSPS) is 11.2. The lowest BCUT2D eigenvalue weighted by atomic mass is 10.3. The summed E-state index contributed by atoms with van der Waals surface area (Å²) in [6, 6.07) is 3.80. The van der Waals surface area contributed by atoms with Crippen LogP contribution in [0, 0.1) is 0 Å². The molecule has 0 radical (unpaired) electrons. The van der Waals surface area contributed by atoms with Crippen LogP contribution >= 0.6 is 0 Å². The first-order valence-electron chi connectivity index (χ1n) is 4.23. The molecule has 0 saturated heterocycles. The van der Waals surface area contributed by atoms with E-state index in [1.807, 2.05) is 0 Å². The molecule has 16 heavy (non-hydrogen) atoms. The lowest BCUT2D eigenvalue weighted by Gasteiger charge is -2.09. The van der Waals surface area contributed by atoms with Crippen LogP contribution in [0.5, 0.6) is 11.5 Å². The molecule has 0 aliphatic rings. The predicted molar refractivity (Wildman–Crippen MR) is 53.8 cm³/mol. The van der Waals surface area contributed by atoms with E-state index in [1.165, 1.54) is 26.4 Å². The first-order valence-corrected chi connectivity index (χ1v) is 5.62. The van der Waals surface area contributed by atoms with E-state index in [2.05, 4.69) is 4.74 Å². The average Bonchev–Trinajstić information content (AvgIpc) is 2.25. The predicted octanol–water partition coefficient (Wildman–Crippen LogP) is 1.34. The van der Waals surface area contributed by atoms with Gasteiger partial charge in [-0.3, -0.25) is 0 Å². The van der Waals surface area contributed by atoms with Crippen molar-refractivity contribution in [2.24, 2.45) is 0 Å². The van der Waals surface area contributed by atoms with Gasteiger partial charge in [0.2, 0.25) is 0 Å². The Morgan fingerprint density at radius 1 is 1.31 bits per heavy atom. The van der Waals surface area contributed by atoms with E-state index in [0.29, 0.717) is 0 Å². The molecule has 0 bridgehead atoms. The molecular weight excluding hydrogens is 239 g/mol. The number of benzene rings is 1. The van der Waals surface area contributed by atoms with Crippen molar-refractivity contribution >= 4 is 10.2 Å². The number of rotatable bonds is 5. The molecular formula is C9H11FO5S. The summed E-state index contributed by atoms with van der Waals surface area (Å²) in [4.78, 5) is -0.580. The Bertz CT molecular complexity index is 457. The lowest BCUT2D eigenvalue weighted by Crippen LogP contribution is -2.04. The van der Waals surface area contributed by atoms with Gasteiger partial charge in [0, 0.05) is 13.2 Å². The molecule has 0 aromatic heterocycles. The van der Waals surface area contributed by atoms with Gasteiger partial charge in [0.05, 0.1) is 7.11 Å². The summed E-state index contributed by atoms with van der Waals surface area (Å²) in [5.74, 6) is 0.103. The zero-order valence-electron chi connectivity index (χ0n) is 8.77. The maximum Gasteiger partial charge on any atom is 0.335 e. The fraction of sp³-hybridized carbons (Fsp3) is 0.333. The summed E-state index contributed by atoms with van der Waals surface area (Å²) >= 11 is 0. The van der Waals surface area contributed by atoms with E-state index in [-0.39, 0.29) is 18.3 Å². The molecule has 0 aliphatic carbocycles. The maximum atomic E-state index is 12.9. The van der Waals surface area contributed by atoms with Crippen LogP contribution in [0.2, 0.25) is 0 Å².